The van der Waals surface area contributed by atoms with Crippen LogP contribution in [0.25, 0.3) is 0 Å². The molecule has 1 unspecified atom stereocenters. The van der Waals surface area contributed by atoms with E-state index in [1.807, 2.05) is 0 Å². The minimum absolute atomic E-state index is 0.292. The van der Waals surface area contributed by atoms with E-state index in [9.17, 15) is 8.78 Å². The second kappa shape index (κ2) is 5.15. The Morgan fingerprint density at radius 2 is 2.19 bits per heavy atom. The van der Waals surface area contributed by atoms with Crippen molar-refractivity contribution in [2.24, 2.45) is 0 Å². The van der Waals surface area contributed by atoms with E-state index >= 15 is 0 Å². The van der Waals surface area contributed by atoms with E-state index in [1.54, 1.807) is 6.26 Å². The zero-order valence-corrected chi connectivity index (χ0v) is 10.0. The van der Waals surface area contributed by atoms with E-state index in [0.29, 0.717) is 22.9 Å². The van der Waals surface area contributed by atoms with Gasteiger partial charge in [0.25, 0.3) is 0 Å². The van der Waals surface area contributed by atoms with Crippen molar-refractivity contribution in [3.05, 3.63) is 29.3 Å². The number of halogens is 2. The first-order valence-corrected chi connectivity index (χ1v) is 6.68. The molecule has 88 valence electrons. The first-order chi connectivity index (χ1) is 7.70. The molecule has 0 radical (unpaired) electrons. The molecule has 1 nitrogen and oxygen atoms in total. The van der Waals surface area contributed by atoms with Gasteiger partial charge in [-0.1, -0.05) is 0 Å². The molecule has 2 rings (SSSR count). The summed E-state index contributed by atoms with van der Waals surface area (Å²) in [7, 11) is 0. The number of hydrogen-bond donors (Lipinski definition) is 1. The second-order valence-corrected chi connectivity index (χ2v) is 4.92. The summed E-state index contributed by atoms with van der Waals surface area (Å²) in [5.41, 5.74) is 0.481. The van der Waals surface area contributed by atoms with Crippen LogP contribution in [0.1, 0.15) is 18.4 Å². The molecule has 1 aromatic carbocycles. The lowest BCUT2D eigenvalue weighted by molar-refractivity contribution is 0.538. The van der Waals surface area contributed by atoms with Crippen molar-refractivity contribution in [1.82, 2.24) is 5.32 Å². The zero-order chi connectivity index (χ0) is 11.5. The van der Waals surface area contributed by atoms with Crippen molar-refractivity contribution in [2.75, 3.05) is 12.8 Å². The maximum Gasteiger partial charge on any atom is 0.137 e. The van der Waals surface area contributed by atoms with Gasteiger partial charge in [0.2, 0.25) is 0 Å². The molecule has 4 heteroatoms. The number of thioether (sulfide) groups is 1. The van der Waals surface area contributed by atoms with Gasteiger partial charge in [-0.3, -0.25) is 0 Å². The Morgan fingerprint density at radius 1 is 1.38 bits per heavy atom. The summed E-state index contributed by atoms with van der Waals surface area (Å²) in [5.74, 6) is -0.610. The number of benzene rings is 1. The van der Waals surface area contributed by atoms with Crippen LogP contribution in [0.15, 0.2) is 17.0 Å². The van der Waals surface area contributed by atoms with Crippen LogP contribution < -0.4 is 5.32 Å². The van der Waals surface area contributed by atoms with Gasteiger partial charge in [-0.2, -0.15) is 0 Å². The fourth-order valence-corrected chi connectivity index (χ4v) is 2.55. The third kappa shape index (κ3) is 2.55. The lowest BCUT2D eigenvalue weighted by Gasteiger charge is -2.12. The summed E-state index contributed by atoms with van der Waals surface area (Å²) >= 11 is 1.23. The highest BCUT2D eigenvalue weighted by Gasteiger charge is 2.17. The molecule has 1 saturated heterocycles. The smallest absolute Gasteiger partial charge is 0.137 e. The van der Waals surface area contributed by atoms with Crippen LogP contribution in [-0.4, -0.2) is 18.8 Å². The molecule has 1 aliphatic heterocycles. The second-order valence-electron chi connectivity index (χ2n) is 4.08. The van der Waals surface area contributed by atoms with Gasteiger partial charge < -0.3 is 5.32 Å². The highest BCUT2D eigenvalue weighted by molar-refractivity contribution is 7.98. The molecule has 1 heterocycles. The maximum atomic E-state index is 13.7. The van der Waals surface area contributed by atoms with Crippen LogP contribution in [0.5, 0.6) is 0 Å². The Bertz CT molecular complexity index is 376. The Hall–Kier alpha value is -0.610. The van der Waals surface area contributed by atoms with E-state index in [2.05, 4.69) is 5.32 Å². The predicted octanol–water partition coefficient (Wildman–Crippen LogP) is 2.98. The Balaban J connectivity index is 2.17. The van der Waals surface area contributed by atoms with Gasteiger partial charge in [0.1, 0.15) is 11.6 Å². The minimum Gasteiger partial charge on any atom is -0.314 e. The summed E-state index contributed by atoms with van der Waals surface area (Å²) in [6, 6.07) is 2.93. The van der Waals surface area contributed by atoms with Gasteiger partial charge in [-0.05, 0) is 49.8 Å². The topological polar surface area (TPSA) is 12.0 Å². The monoisotopic (exact) mass is 243 g/mol. The molecule has 1 N–H and O–H groups in total. The fourth-order valence-electron chi connectivity index (χ4n) is 2.08. The lowest BCUT2D eigenvalue weighted by atomic mass is 10.0. The summed E-state index contributed by atoms with van der Waals surface area (Å²) < 4.78 is 27.2. The highest BCUT2D eigenvalue weighted by atomic mass is 32.2. The molecule has 0 spiro atoms. The van der Waals surface area contributed by atoms with E-state index in [1.165, 1.54) is 23.9 Å². The van der Waals surface area contributed by atoms with E-state index in [0.717, 1.165) is 19.4 Å². The quantitative estimate of drug-likeness (QED) is 0.819. The van der Waals surface area contributed by atoms with Crippen LogP contribution in [0, 0.1) is 11.6 Å². The van der Waals surface area contributed by atoms with Gasteiger partial charge in [0.15, 0.2) is 0 Å². The number of rotatable bonds is 3. The third-order valence-electron chi connectivity index (χ3n) is 2.95. The summed E-state index contributed by atoms with van der Waals surface area (Å²) in [6.07, 6.45) is 4.50. The molecule has 1 atom stereocenters. The van der Waals surface area contributed by atoms with Crippen molar-refractivity contribution < 1.29 is 8.78 Å². The Morgan fingerprint density at radius 3 is 2.81 bits per heavy atom. The van der Waals surface area contributed by atoms with Crippen LogP contribution in [0.3, 0.4) is 0 Å². The average molecular weight is 243 g/mol. The Kier molecular flexibility index (Phi) is 3.82. The molecule has 16 heavy (non-hydrogen) atoms. The highest BCUT2D eigenvalue weighted by Crippen LogP contribution is 2.24. The van der Waals surface area contributed by atoms with Crippen molar-refractivity contribution in [3.8, 4) is 0 Å². The van der Waals surface area contributed by atoms with Gasteiger partial charge in [0.05, 0.1) is 0 Å². The molecule has 1 aromatic rings. The standard InChI is InChI=1S/C12H15F2NS/c1-16-12-7-10(13)8(6-11(12)14)5-9-3-2-4-15-9/h6-7,9,15H,2-5H2,1H3. The van der Waals surface area contributed by atoms with Crippen molar-refractivity contribution in [2.45, 2.75) is 30.2 Å². The normalized spacial score (nSPS) is 20.3. The molecule has 0 bridgehead atoms. The molecule has 0 aliphatic carbocycles. The number of hydrogen-bond acceptors (Lipinski definition) is 2. The Labute approximate surface area is 98.6 Å². The minimum atomic E-state index is -0.318. The largest absolute Gasteiger partial charge is 0.314 e. The summed E-state index contributed by atoms with van der Waals surface area (Å²) in [4.78, 5) is 0.376. The van der Waals surface area contributed by atoms with Gasteiger partial charge in [0, 0.05) is 10.9 Å². The number of nitrogens with one attached hydrogen (secondary N) is 1. The van der Waals surface area contributed by atoms with Gasteiger partial charge >= 0.3 is 0 Å². The SMILES string of the molecule is CSc1cc(F)c(CC2CCCN2)cc1F. The molecule has 0 aromatic heterocycles. The first-order valence-electron chi connectivity index (χ1n) is 5.46. The lowest BCUT2D eigenvalue weighted by Crippen LogP contribution is -2.24. The molecule has 0 saturated carbocycles. The van der Waals surface area contributed by atoms with Gasteiger partial charge in [-0.15, -0.1) is 11.8 Å². The average Bonchev–Trinajstić information content (AvgIpc) is 2.75. The van der Waals surface area contributed by atoms with Crippen molar-refractivity contribution >= 4 is 11.8 Å². The van der Waals surface area contributed by atoms with Crippen LogP contribution >= 0.6 is 11.8 Å². The predicted molar refractivity (Wildman–Crippen MR) is 62.9 cm³/mol. The third-order valence-corrected chi connectivity index (χ3v) is 3.70. The first kappa shape index (κ1) is 11.9. The van der Waals surface area contributed by atoms with Crippen molar-refractivity contribution in [1.29, 1.82) is 0 Å². The molecule has 1 aliphatic rings. The summed E-state index contributed by atoms with van der Waals surface area (Å²) in [5, 5.41) is 3.29. The molecular weight excluding hydrogens is 228 g/mol. The molecule has 0 amide bonds. The fraction of sp³-hybridized carbons (Fsp3) is 0.500. The van der Waals surface area contributed by atoms with Crippen molar-refractivity contribution in [3.63, 3.8) is 0 Å². The van der Waals surface area contributed by atoms with Crippen LogP contribution in [-0.2, 0) is 6.42 Å². The molecular formula is C12H15F2NS. The van der Waals surface area contributed by atoms with Gasteiger partial charge in [-0.25, -0.2) is 8.78 Å². The van der Waals surface area contributed by atoms with E-state index < -0.39 is 0 Å². The maximum absolute atomic E-state index is 13.7. The summed E-state index contributed by atoms with van der Waals surface area (Å²) in [6.45, 7) is 0.984. The van der Waals surface area contributed by atoms with Crippen LogP contribution in [0.2, 0.25) is 0 Å². The molecule has 1 fully saturated rings. The van der Waals surface area contributed by atoms with Crippen LogP contribution in [0.4, 0.5) is 8.78 Å². The zero-order valence-electron chi connectivity index (χ0n) is 9.22. The van der Waals surface area contributed by atoms with E-state index in [-0.39, 0.29) is 11.6 Å². The van der Waals surface area contributed by atoms with E-state index in [4.69, 9.17) is 0 Å².